The van der Waals surface area contributed by atoms with Gasteiger partial charge in [-0.2, -0.15) is 22.0 Å². The van der Waals surface area contributed by atoms with E-state index in [2.05, 4.69) is 0 Å². The highest BCUT2D eigenvalue weighted by Gasteiger charge is 2.72. The molecule has 0 heterocycles. The number of halogens is 6. The highest BCUT2D eigenvalue weighted by atomic mass is 19.4. The molecule has 0 amide bonds. The van der Waals surface area contributed by atoms with E-state index in [-0.39, 0.29) is 11.5 Å². The van der Waals surface area contributed by atoms with Gasteiger partial charge in [-0.15, -0.1) is 0 Å². The monoisotopic (exact) mass is 568 g/mol. The third kappa shape index (κ3) is 6.01. The molecule has 1 unspecified atom stereocenters. The molecular formula is C33H26F6O2. The molecule has 212 valence electrons. The van der Waals surface area contributed by atoms with Crippen molar-refractivity contribution in [3.8, 4) is 23.0 Å². The molecule has 2 nitrogen and oxygen atoms in total. The molecule has 0 aliphatic heterocycles. The van der Waals surface area contributed by atoms with E-state index in [1.807, 2.05) is 6.92 Å². The average molecular weight is 569 g/mol. The van der Waals surface area contributed by atoms with Gasteiger partial charge in [0.05, 0.1) is 0 Å². The fourth-order valence-corrected chi connectivity index (χ4v) is 4.24. The molecule has 0 aliphatic carbocycles. The van der Waals surface area contributed by atoms with Crippen molar-refractivity contribution in [2.75, 3.05) is 0 Å². The van der Waals surface area contributed by atoms with E-state index in [9.17, 15) is 13.2 Å². The van der Waals surface area contributed by atoms with Gasteiger partial charge in [0.15, 0.2) is 0 Å². The Bertz CT molecular complexity index is 1520. The van der Waals surface area contributed by atoms with E-state index in [0.29, 0.717) is 34.8 Å². The van der Waals surface area contributed by atoms with Crippen LogP contribution in [0.1, 0.15) is 36.1 Å². The third-order valence-corrected chi connectivity index (χ3v) is 6.28. The highest BCUT2D eigenvalue weighted by molar-refractivity contribution is 5.58. The second kappa shape index (κ2) is 12.0. The maximum absolute atomic E-state index is 15.8. The molecule has 0 fully saturated rings. The van der Waals surface area contributed by atoms with E-state index >= 15 is 13.2 Å². The maximum atomic E-state index is 15.8. The SMILES string of the molecule is CC=Cc1ccccc1Oc1ccc(C(F)(F)C(F)(c2ccc(Oc3ccccc3C=CC)cc2)C(F)(F)F)cc1. The van der Waals surface area contributed by atoms with Crippen molar-refractivity contribution in [3.63, 3.8) is 0 Å². The lowest BCUT2D eigenvalue weighted by atomic mass is 9.84. The Morgan fingerprint density at radius 3 is 1.29 bits per heavy atom. The molecule has 0 N–H and O–H groups in total. The zero-order valence-electron chi connectivity index (χ0n) is 22.1. The summed E-state index contributed by atoms with van der Waals surface area (Å²) in [7, 11) is 0. The minimum Gasteiger partial charge on any atom is -0.457 e. The Hall–Kier alpha value is -4.46. The van der Waals surface area contributed by atoms with Gasteiger partial charge in [-0.3, -0.25) is 0 Å². The van der Waals surface area contributed by atoms with Crippen LogP contribution < -0.4 is 9.47 Å². The third-order valence-electron chi connectivity index (χ3n) is 6.28. The summed E-state index contributed by atoms with van der Waals surface area (Å²) >= 11 is 0. The molecule has 0 saturated heterocycles. The quantitative estimate of drug-likeness (QED) is 0.187. The summed E-state index contributed by atoms with van der Waals surface area (Å²) in [6, 6.07) is 20.8. The first kappa shape index (κ1) is 29.5. The van der Waals surface area contributed by atoms with Crippen molar-refractivity contribution in [2.45, 2.75) is 31.6 Å². The fourth-order valence-electron chi connectivity index (χ4n) is 4.24. The molecule has 4 rings (SSSR count). The van der Waals surface area contributed by atoms with Crippen molar-refractivity contribution < 1.29 is 35.8 Å². The number of benzene rings is 4. The van der Waals surface area contributed by atoms with Crippen molar-refractivity contribution in [1.29, 1.82) is 0 Å². The number of hydrogen-bond donors (Lipinski definition) is 0. The van der Waals surface area contributed by atoms with Crippen LogP contribution in [0.25, 0.3) is 12.2 Å². The van der Waals surface area contributed by atoms with Crippen LogP contribution >= 0.6 is 0 Å². The summed E-state index contributed by atoms with van der Waals surface area (Å²) in [5.41, 5.74) is -6.04. The van der Waals surface area contributed by atoms with Gasteiger partial charge in [0.2, 0.25) is 0 Å². The first-order valence-electron chi connectivity index (χ1n) is 12.6. The lowest BCUT2D eigenvalue weighted by Crippen LogP contribution is -2.51. The molecule has 0 saturated carbocycles. The molecular weight excluding hydrogens is 542 g/mol. The molecule has 4 aromatic rings. The van der Waals surface area contributed by atoms with Crippen LogP contribution in [-0.2, 0) is 11.6 Å². The number of alkyl halides is 6. The van der Waals surface area contributed by atoms with E-state index in [0.717, 1.165) is 36.4 Å². The Kier molecular flexibility index (Phi) is 8.61. The summed E-state index contributed by atoms with van der Waals surface area (Å²) in [6.45, 7) is 3.61. The summed E-state index contributed by atoms with van der Waals surface area (Å²) < 4.78 is 101. The Morgan fingerprint density at radius 1 is 0.512 bits per heavy atom. The van der Waals surface area contributed by atoms with Crippen LogP contribution in [0, 0.1) is 0 Å². The Morgan fingerprint density at radius 2 is 0.902 bits per heavy atom. The smallest absolute Gasteiger partial charge is 0.433 e. The topological polar surface area (TPSA) is 18.5 Å². The molecule has 41 heavy (non-hydrogen) atoms. The normalized spacial score (nSPS) is 13.9. The first-order chi connectivity index (χ1) is 19.5. The van der Waals surface area contributed by atoms with Crippen LogP contribution in [0.15, 0.2) is 109 Å². The van der Waals surface area contributed by atoms with Gasteiger partial charge in [-0.25, -0.2) is 4.39 Å². The number of hydrogen-bond acceptors (Lipinski definition) is 2. The molecule has 0 aliphatic rings. The summed E-state index contributed by atoms with van der Waals surface area (Å²) in [5, 5.41) is 0. The number of para-hydroxylation sites is 2. The van der Waals surface area contributed by atoms with Crippen LogP contribution in [0.2, 0.25) is 0 Å². The average Bonchev–Trinajstić information content (AvgIpc) is 2.95. The van der Waals surface area contributed by atoms with Crippen molar-refractivity contribution in [3.05, 3.63) is 131 Å². The maximum Gasteiger partial charge on any atom is 0.433 e. The number of allylic oxidation sites excluding steroid dienone is 2. The standard InChI is InChI=1S/C33H26F6O2/c1-3-9-23-11-5-7-13-29(23)40-27-19-15-25(16-20-27)31(34,33(37,38)39)32(35,36)26-17-21-28(22-18-26)41-30-14-8-6-12-24(30)10-4-2/h3-22H,1-2H3. The van der Waals surface area contributed by atoms with E-state index in [1.165, 1.54) is 0 Å². The lowest BCUT2D eigenvalue weighted by Gasteiger charge is -2.35. The minimum absolute atomic E-state index is 0.0539. The molecule has 0 bridgehead atoms. The molecule has 0 spiro atoms. The van der Waals surface area contributed by atoms with Crippen molar-refractivity contribution in [2.24, 2.45) is 0 Å². The second-order valence-electron chi connectivity index (χ2n) is 9.06. The molecule has 0 aromatic heterocycles. The van der Waals surface area contributed by atoms with Crippen LogP contribution in [-0.4, -0.2) is 6.18 Å². The number of ether oxygens (including phenoxy) is 2. The number of rotatable bonds is 9. The summed E-state index contributed by atoms with van der Waals surface area (Å²) in [5.74, 6) is -4.03. The molecule has 1 atom stereocenters. The Labute approximate surface area is 234 Å². The Balaban J connectivity index is 1.63. The molecule has 0 radical (unpaired) electrons. The predicted molar refractivity (Wildman–Crippen MR) is 148 cm³/mol. The van der Waals surface area contributed by atoms with Gasteiger partial charge in [0.1, 0.15) is 23.0 Å². The second-order valence-corrected chi connectivity index (χ2v) is 9.06. The van der Waals surface area contributed by atoms with Gasteiger partial charge in [0, 0.05) is 22.3 Å². The van der Waals surface area contributed by atoms with Gasteiger partial charge in [-0.1, -0.05) is 72.8 Å². The van der Waals surface area contributed by atoms with E-state index < -0.39 is 28.9 Å². The van der Waals surface area contributed by atoms with E-state index in [1.54, 1.807) is 79.8 Å². The summed E-state index contributed by atoms with van der Waals surface area (Å²) in [4.78, 5) is 0. The van der Waals surface area contributed by atoms with Crippen LogP contribution in [0.3, 0.4) is 0 Å². The lowest BCUT2D eigenvalue weighted by molar-refractivity contribution is -0.314. The largest absolute Gasteiger partial charge is 0.457 e. The van der Waals surface area contributed by atoms with E-state index in [4.69, 9.17) is 9.47 Å². The highest BCUT2D eigenvalue weighted by Crippen LogP contribution is 2.57. The van der Waals surface area contributed by atoms with Gasteiger partial charge in [-0.05, 0) is 62.4 Å². The predicted octanol–water partition coefficient (Wildman–Crippen LogP) is 10.9. The fraction of sp³-hybridized carbons (Fsp3) is 0.152. The first-order valence-corrected chi connectivity index (χ1v) is 12.6. The van der Waals surface area contributed by atoms with Crippen molar-refractivity contribution in [1.82, 2.24) is 0 Å². The molecule has 8 heteroatoms. The van der Waals surface area contributed by atoms with Gasteiger partial charge in [0.25, 0.3) is 5.67 Å². The van der Waals surface area contributed by atoms with Crippen molar-refractivity contribution >= 4 is 12.2 Å². The summed E-state index contributed by atoms with van der Waals surface area (Å²) in [6.07, 6.45) is 1.15. The van der Waals surface area contributed by atoms with Crippen LogP contribution in [0.4, 0.5) is 26.3 Å². The minimum atomic E-state index is -5.95. The van der Waals surface area contributed by atoms with Crippen LogP contribution in [0.5, 0.6) is 23.0 Å². The van der Waals surface area contributed by atoms with Gasteiger partial charge >= 0.3 is 12.1 Å². The zero-order valence-corrected chi connectivity index (χ0v) is 22.1. The van der Waals surface area contributed by atoms with Gasteiger partial charge < -0.3 is 9.47 Å². The zero-order chi connectivity index (χ0) is 29.7. The molecule has 4 aromatic carbocycles.